The van der Waals surface area contributed by atoms with E-state index in [1.54, 1.807) is 61.7 Å². The Hall–Kier alpha value is -3.86. The number of hydrogen-bond donors (Lipinski definition) is 2. The van der Waals surface area contributed by atoms with Crippen molar-refractivity contribution in [3.63, 3.8) is 0 Å². The summed E-state index contributed by atoms with van der Waals surface area (Å²) in [6.45, 7) is 1.89. The van der Waals surface area contributed by atoms with Gasteiger partial charge in [-0.05, 0) is 66.6 Å². The summed E-state index contributed by atoms with van der Waals surface area (Å²) in [4.78, 5) is 24.6. The first-order valence-corrected chi connectivity index (χ1v) is 9.15. The molecule has 0 radical (unpaired) electrons. The van der Waals surface area contributed by atoms with Gasteiger partial charge in [0.1, 0.15) is 5.75 Å². The van der Waals surface area contributed by atoms with E-state index in [0.29, 0.717) is 16.9 Å². The van der Waals surface area contributed by atoms with Gasteiger partial charge in [-0.15, -0.1) is 0 Å². The lowest BCUT2D eigenvalue weighted by Gasteiger charge is -2.08. The van der Waals surface area contributed by atoms with Gasteiger partial charge in [-0.3, -0.25) is 9.59 Å². The maximum atomic E-state index is 12.4. The van der Waals surface area contributed by atoms with Crippen LogP contribution in [0.1, 0.15) is 22.8 Å². The summed E-state index contributed by atoms with van der Waals surface area (Å²) in [5.41, 5.74) is 3.66. The van der Waals surface area contributed by atoms with Gasteiger partial charge < -0.3 is 15.4 Å². The number of ether oxygens (including phenoxy) is 1. The first-order valence-electron chi connectivity index (χ1n) is 9.15. The molecule has 3 rings (SSSR count). The van der Waals surface area contributed by atoms with Crippen LogP contribution in [0, 0.1) is 0 Å². The first kappa shape index (κ1) is 19.9. The summed E-state index contributed by atoms with van der Waals surface area (Å²) in [7, 11) is 1.59. The molecular weight excluding hydrogens is 364 g/mol. The van der Waals surface area contributed by atoms with Crippen molar-refractivity contribution < 1.29 is 14.3 Å². The molecule has 3 aromatic rings. The molecule has 0 aromatic heterocycles. The van der Waals surface area contributed by atoms with E-state index in [1.165, 1.54) is 0 Å². The zero-order valence-corrected chi connectivity index (χ0v) is 16.3. The number of benzene rings is 3. The van der Waals surface area contributed by atoms with E-state index < -0.39 is 0 Å². The van der Waals surface area contributed by atoms with Crippen molar-refractivity contribution in [1.29, 1.82) is 0 Å². The molecule has 3 aromatic carbocycles. The Morgan fingerprint density at radius 1 is 0.759 bits per heavy atom. The molecule has 0 saturated carbocycles. The molecule has 0 atom stereocenters. The summed E-state index contributed by atoms with van der Waals surface area (Å²) in [5, 5.41) is 5.63. The normalized spacial score (nSPS) is 10.9. The van der Waals surface area contributed by atoms with Gasteiger partial charge in [0.15, 0.2) is 0 Å². The highest BCUT2D eigenvalue weighted by atomic mass is 16.5. The lowest BCUT2D eigenvalue weighted by Crippen LogP contribution is -2.12. The average Bonchev–Trinajstić information content (AvgIpc) is 2.75. The van der Waals surface area contributed by atoms with Crippen LogP contribution in [-0.2, 0) is 4.79 Å². The number of allylic oxidation sites excluding steroid dienone is 1. The molecule has 0 unspecified atom stereocenters. The van der Waals surface area contributed by atoms with Crippen molar-refractivity contribution in [3.05, 3.63) is 96.1 Å². The Morgan fingerprint density at radius 2 is 1.34 bits per heavy atom. The predicted octanol–water partition coefficient (Wildman–Crippen LogP) is 4.99. The zero-order valence-electron chi connectivity index (χ0n) is 16.3. The molecule has 2 amide bonds. The van der Waals surface area contributed by atoms with Gasteiger partial charge in [-0.1, -0.05) is 30.3 Å². The Balaban J connectivity index is 1.60. The molecule has 0 spiro atoms. The molecule has 0 aliphatic heterocycles. The highest BCUT2D eigenvalue weighted by Crippen LogP contribution is 2.17. The van der Waals surface area contributed by atoms with Gasteiger partial charge in [0.05, 0.1) is 7.11 Å². The minimum Gasteiger partial charge on any atom is -0.497 e. The Bertz CT molecular complexity index is 1010. The molecule has 0 aliphatic carbocycles. The van der Waals surface area contributed by atoms with Crippen LogP contribution in [0.2, 0.25) is 0 Å². The van der Waals surface area contributed by atoms with Crippen LogP contribution in [0.15, 0.2) is 84.9 Å². The smallest absolute Gasteiger partial charge is 0.255 e. The minimum absolute atomic E-state index is 0.221. The van der Waals surface area contributed by atoms with Crippen LogP contribution < -0.4 is 15.4 Å². The number of carbonyl (C=O) groups is 2. The van der Waals surface area contributed by atoms with Crippen molar-refractivity contribution in [1.82, 2.24) is 0 Å². The second-order valence-electron chi connectivity index (χ2n) is 6.44. The lowest BCUT2D eigenvalue weighted by atomic mass is 10.1. The fourth-order valence-electron chi connectivity index (χ4n) is 2.74. The number of amides is 2. The van der Waals surface area contributed by atoms with Crippen molar-refractivity contribution >= 4 is 28.8 Å². The summed E-state index contributed by atoms with van der Waals surface area (Å²) >= 11 is 0. The largest absolute Gasteiger partial charge is 0.497 e. The monoisotopic (exact) mass is 386 g/mol. The van der Waals surface area contributed by atoms with Crippen LogP contribution in [0.4, 0.5) is 11.4 Å². The van der Waals surface area contributed by atoms with Gasteiger partial charge in [-0.25, -0.2) is 0 Å². The highest BCUT2D eigenvalue weighted by molar-refractivity contribution is 6.06. The molecule has 0 bridgehead atoms. The number of methoxy groups -OCH3 is 1. The van der Waals surface area contributed by atoms with Crippen molar-refractivity contribution in [3.8, 4) is 5.75 Å². The molecule has 0 aliphatic rings. The SMILES string of the molecule is COc1ccc(NC(=O)c2ccc(NC(=O)C=C(C)c3ccccc3)cc2)cc1. The maximum absolute atomic E-state index is 12.4. The Morgan fingerprint density at radius 3 is 1.97 bits per heavy atom. The molecule has 0 saturated heterocycles. The van der Waals surface area contributed by atoms with E-state index in [9.17, 15) is 9.59 Å². The van der Waals surface area contributed by atoms with Crippen LogP contribution in [-0.4, -0.2) is 18.9 Å². The average molecular weight is 386 g/mol. The van der Waals surface area contributed by atoms with Gasteiger partial charge in [0.2, 0.25) is 5.91 Å². The minimum atomic E-state index is -0.229. The van der Waals surface area contributed by atoms with Crippen LogP contribution in [0.5, 0.6) is 5.75 Å². The number of nitrogens with one attached hydrogen (secondary N) is 2. The number of hydrogen-bond acceptors (Lipinski definition) is 3. The Kier molecular flexibility index (Phi) is 6.43. The summed E-state index contributed by atoms with van der Waals surface area (Å²) in [6, 6.07) is 23.5. The van der Waals surface area contributed by atoms with E-state index in [4.69, 9.17) is 4.74 Å². The molecule has 5 heteroatoms. The zero-order chi connectivity index (χ0) is 20.6. The molecule has 146 valence electrons. The third kappa shape index (κ3) is 5.56. The van der Waals surface area contributed by atoms with Gasteiger partial charge in [0.25, 0.3) is 5.91 Å². The van der Waals surface area contributed by atoms with Crippen molar-refractivity contribution in [2.75, 3.05) is 17.7 Å². The Labute approximate surface area is 170 Å². The second kappa shape index (κ2) is 9.37. The number of rotatable bonds is 6. The topological polar surface area (TPSA) is 67.4 Å². The molecule has 2 N–H and O–H groups in total. The third-order valence-electron chi connectivity index (χ3n) is 4.34. The molecule has 5 nitrogen and oxygen atoms in total. The van der Waals surface area contributed by atoms with Gasteiger partial charge in [-0.2, -0.15) is 0 Å². The molecular formula is C24H22N2O3. The molecule has 0 heterocycles. The van der Waals surface area contributed by atoms with Crippen molar-refractivity contribution in [2.45, 2.75) is 6.92 Å². The maximum Gasteiger partial charge on any atom is 0.255 e. The van der Waals surface area contributed by atoms with E-state index in [0.717, 1.165) is 16.9 Å². The van der Waals surface area contributed by atoms with E-state index in [-0.39, 0.29) is 11.8 Å². The standard InChI is InChI=1S/C24H22N2O3/c1-17(18-6-4-3-5-7-18)16-23(27)25-20-10-8-19(9-11-20)24(28)26-21-12-14-22(29-2)15-13-21/h3-16H,1-2H3,(H,25,27)(H,26,28). The van der Waals surface area contributed by atoms with E-state index in [2.05, 4.69) is 10.6 Å². The second-order valence-corrected chi connectivity index (χ2v) is 6.44. The number of carbonyl (C=O) groups excluding carboxylic acids is 2. The summed E-state index contributed by atoms with van der Waals surface area (Å²) < 4.78 is 5.10. The molecule has 0 fully saturated rings. The van der Waals surface area contributed by atoms with E-state index >= 15 is 0 Å². The summed E-state index contributed by atoms with van der Waals surface area (Å²) in [6.07, 6.45) is 1.56. The van der Waals surface area contributed by atoms with Gasteiger partial charge >= 0.3 is 0 Å². The predicted molar refractivity (Wildman–Crippen MR) is 116 cm³/mol. The fraction of sp³-hybridized carbons (Fsp3) is 0.0833. The fourth-order valence-corrected chi connectivity index (χ4v) is 2.74. The van der Waals surface area contributed by atoms with Gasteiger partial charge in [0, 0.05) is 23.0 Å². The van der Waals surface area contributed by atoms with Crippen LogP contribution in [0.25, 0.3) is 5.57 Å². The summed E-state index contributed by atoms with van der Waals surface area (Å²) in [5.74, 6) is 0.272. The lowest BCUT2D eigenvalue weighted by molar-refractivity contribution is -0.111. The molecule has 29 heavy (non-hydrogen) atoms. The van der Waals surface area contributed by atoms with Crippen LogP contribution in [0.3, 0.4) is 0 Å². The first-order chi connectivity index (χ1) is 14.0. The quantitative estimate of drug-likeness (QED) is 0.587. The van der Waals surface area contributed by atoms with Crippen LogP contribution >= 0.6 is 0 Å². The van der Waals surface area contributed by atoms with E-state index in [1.807, 2.05) is 37.3 Å². The third-order valence-corrected chi connectivity index (χ3v) is 4.34. The highest BCUT2D eigenvalue weighted by Gasteiger charge is 2.07. The van der Waals surface area contributed by atoms with Crippen molar-refractivity contribution in [2.24, 2.45) is 0 Å². The number of anilines is 2.